The molecule has 1 saturated heterocycles. The van der Waals surface area contributed by atoms with Crippen LogP contribution in [-0.4, -0.2) is 40.9 Å². The van der Waals surface area contributed by atoms with Crippen molar-refractivity contribution < 1.29 is 14.3 Å². The average molecular weight is 356 g/mol. The van der Waals surface area contributed by atoms with Gasteiger partial charge < -0.3 is 18.9 Å². The number of carbonyl (C=O) groups excluding carboxylic acids is 1. The molecule has 0 N–H and O–H groups in total. The molecular formula is C21H28N2O3. The van der Waals surface area contributed by atoms with Gasteiger partial charge in [0.05, 0.1) is 13.2 Å². The first-order chi connectivity index (χ1) is 12.4. The van der Waals surface area contributed by atoms with Gasteiger partial charge in [0.25, 0.3) is 0 Å². The minimum Gasteiger partial charge on any atom is -0.444 e. The van der Waals surface area contributed by atoms with Crippen LogP contribution < -0.4 is 0 Å². The number of carbonyl (C=O) groups is 1. The van der Waals surface area contributed by atoms with Crippen molar-refractivity contribution in [2.75, 3.05) is 19.8 Å². The van der Waals surface area contributed by atoms with E-state index in [1.165, 1.54) is 22.2 Å². The quantitative estimate of drug-likeness (QED) is 0.818. The molecule has 0 bridgehead atoms. The highest BCUT2D eigenvalue weighted by atomic mass is 16.6. The van der Waals surface area contributed by atoms with E-state index in [0.29, 0.717) is 19.0 Å². The maximum absolute atomic E-state index is 12.5. The molecule has 2 aromatic rings. The molecule has 1 unspecified atom stereocenters. The Hall–Kier alpha value is -2.01. The molecule has 0 saturated carbocycles. The number of nitrogens with zero attached hydrogens (tertiary/aromatic N) is 2. The van der Waals surface area contributed by atoms with Crippen LogP contribution in [0.25, 0.3) is 10.9 Å². The van der Waals surface area contributed by atoms with Crippen molar-refractivity contribution in [3.05, 3.63) is 35.5 Å². The van der Waals surface area contributed by atoms with Gasteiger partial charge in [0, 0.05) is 54.2 Å². The van der Waals surface area contributed by atoms with E-state index in [4.69, 9.17) is 9.47 Å². The summed E-state index contributed by atoms with van der Waals surface area (Å²) in [7, 11) is 0. The second kappa shape index (κ2) is 6.62. The third-order valence-electron chi connectivity index (χ3n) is 5.28. The molecule has 1 fully saturated rings. The van der Waals surface area contributed by atoms with E-state index in [9.17, 15) is 4.79 Å². The Labute approximate surface area is 154 Å². The molecule has 2 aliphatic rings. The highest BCUT2D eigenvalue weighted by Gasteiger charge is 2.30. The number of ether oxygens (including phenoxy) is 2. The minimum atomic E-state index is -0.464. The largest absolute Gasteiger partial charge is 0.444 e. The summed E-state index contributed by atoms with van der Waals surface area (Å²) in [5.74, 6) is 0.582. The number of hydrogen-bond acceptors (Lipinski definition) is 3. The van der Waals surface area contributed by atoms with Crippen LogP contribution in [0.5, 0.6) is 0 Å². The zero-order chi connectivity index (χ0) is 18.3. The summed E-state index contributed by atoms with van der Waals surface area (Å²) in [4.78, 5) is 14.4. The van der Waals surface area contributed by atoms with Gasteiger partial charge in [-0.25, -0.2) is 4.79 Å². The Morgan fingerprint density at radius 2 is 2.12 bits per heavy atom. The summed E-state index contributed by atoms with van der Waals surface area (Å²) in [6.07, 6.45) is 1.78. The van der Waals surface area contributed by atoms with E-state index < -0.39 is 5.60 Å². The van der Waals surface area contributed by atoms with Crippen LogP contribution in [0.3, 0.4) is 0 Å². The monoisotopic (exact) mass is 356 g/mol. The maximum atomic E-state index is 12.5. The van der Waals surface area contributed by atoms with Gasteiger partial charge in [-0.1, -0.05) is 18.2 Å². The van der Waals surface area contributed by atoms with Crippen molar-refractivity contribution in [2.45, 2.75) is 52.3 Å². The van der Waals surface area contributed by atoms with Crippen LogP contribution in [0.1, 0.15) is 38.4 Å². The Bertz CT molecular complexity index is 813. The first kappa shape index (κ1) is 17.4. The van der Waals surface area contributed by atoms with E-state index in [2.05, 4.69) is 28.8 Å². The van der Waals surface area contributed by atoms with Gasteiger partial charge in [0.15, 0.2) is 0 Å². The van der Waals surface area contributed by atoms with Crippen molar-refractivity contribution >= 4 is 17.0 Å². The molecule has 1 aromatic heterocycles. The van der Waals surface area contributed by atoms with Crippen LogP contribution in [0.4, 0.5) is 4.79 Å². The van der Waals surface area contributed by atoms with Crippen molar-refractivity contribution in [3.8, 4) is 0 Å². The molecule has 140 valence electrons. The summed E-state index contributed by atoms with van der Waals surface area (Å²) >= 11 is 0. The SMILES string of the molecule is CC(C)(C)OC(=O)N1CCc2c(c3ccccc3n2CC2CCOC2)C1. The second-order valence-corrected chi connectivity index (χ2v) is 8.43. The molecule has 3 heterocycles. The van der Waals surface area contributed by atoms with Gasteiger partial charge in [0.2, 0.25) is 0 Å². The molecule has 1 aromatic carbocycles. The zero-order valence-corrected chi connectivity index (χ0v) is 16.0. The standard InChI is InChI=1S/C21H28N2O3/c1-21(2,3)26-20(24)22-10-8-19-17(13-22)16-6-4-5-7-18(16)23(19)12-15-9-11-25-14-15/h4-7,15H,8-14H2,1-3H3. The van der Waals surface area contributed by atoms with Gasteiger partial charge in [-0.2, -0.15) is 0 Å². The molecule has 4 rings (SSSR count). The molecule has 0 aliphatic carbocycles. The summed E-state index contributed by atoms with van der Waals surface area (Å²) in [6, 6.07) is 8.55. The van der Waals surface area contributed by atoms with Crippen LogP contribution in [0.15, 0.2) is 24.3 Å². The fraction of sp³-hybridized carbons (Fsp3) is 0.571. The molecule has 1 atom stereocenters. The van der Waals surface area contributed by atoms with E-state index in [-0.39, 0.29) is 6.09 Å². The van der Waals surface area contributed by atoms with E-state index in [0.717, 1.165) is 32.6 Å². The lowest BCUT2D eigenvalue weighted by Crippen LogP contribution is -2.40. The Kier molecular flexibility index (Phi) is 4.43. The number of fused-ring (bicyclic) bond motifs is 3. The lowest BCUT2D eigenvalue weighted by molar-refractivity contribution is 0.0223. The molecule has 0 spiro atoms. The Morgan fingerprint density at radius 3 is 2.85 bits per heavy atom. The van der Waals surface area contributed by atoms with Crippen molar-refractivity contribution in [3.63, 3.8) is 0 Å². The molecule has 5 heteroatoms. The predicted molar refractivity (Wildman–Crippen MR) is 101 cm³/mol. The van der Waals surface area contributed by atoms with Gasteiger partial charge in [-0.05, 0) is 33.3 Å². The summed E-state index contributed by atoms with van der Waals surface area (Å²) in [5.41, 5.74) is 3.46. The predicted octanol–water partition coefficient (Wildman–Crippen LogP) is 3.97. The van der Waals surface area contributed by atoms with Crippen LogP contribution in [-0.2, 0) is 29.0 Å². The highest BCUT2D eigenvalue weighted by molar-refractivity contribution is 5.86. The van der Waals surface area contributed by atoms with Crippen LogP contribution >= 0.6 is 0 Å². The second-order valence-electron chi connectivity index (χ2n) is 8.43. The lowest BCUT2D eigenvalue weighted by Gasteiger charge is -2.31. The fourth-order valence-electron chi connectivity index (χ4n) is 4.08. The van der Waals surface area contributed by atoms with Gasteiger partial charge in [-0.15, -0.1) is 0 Å². The number of rotatable bonds is 2. The first-order valence-electron chi connectivity index (χ1n) is 9.57. The molecule has 26 heavy (non-hydrogen) atoms. The first-order valence-corrected chi connectivity index (χ1v) is 9.57. The zero-order valence-electron chi connectivity index (χ0n) is 16.0. The molecule has 2 aliphatic heterocycles. The number of para-hydroxylation sites is 1. The molecule has 5 nitrogen and oxygen atoms in total. The Balaban J connectivity index is 1.65. The van der Waals surface area contributed by atoms with Gasteiger partial charge >= 0.3 is 6.09 Å². The van der Waals surface area contributed by atoms with Gasteiger partial charge in [0.1, 0.15) is 5.60 Å². The summed E-state index contributed by atoms with van der Waals surface area (Å²) in [5, 5.41) is 1.26. The van der Waals surface area contributed by atoms with Crippen molar-refractivity contribution in [1.29, 1.82) is 0 Å². The molecule has 1 amide bonds. The minimum absolute atomic E-state index is 0.218. The van der Waals surface area contributed by atoms with E-state index >= 15 is 0 Å². The summed E-state index contributed by atoms with van der Waals surface area (Å²) < 4.78 is 13.6. The number of benzene rings is 1. The van der Waals surface area contributed by atoms with E-state index in [1.807, 2.05) is 25.7 Å². The van der Waals surface area contributed by atoms with Gasteiger partial charge in [-0.3, -0.25) is 0 Å². The maximum Gasteiger partial charge on any atom is 0.410 e. The number of hydrogen-bond donors (Lipinski definition) is 0. The topological polar surface area (TPSA) is 43.7 Å². The van der Waals surface area contributed by atoms with E-state index in [1.54, 1.807) is 0 Å². The molecule has 0 radical (unpaired) electrons. The third-order valence-corrected chi connectivity index (χ3v) is 5.28. The van der Waals surface area contributed by atoms with Crippen molar-refractivity contribution in [1.82, 2.24) is 9.47 Å². The number of amides is 1. The number of aromatic nitrogens is 1. The van der Waals surface area contributed by atoms with Crippen LogP contribution in [0.2, 0.25) is 0 Å². The fourth-order valence-corrected chi connectivity index (χ4v) is 4.08. The van der Waals surface area contributed by atoms with Crippen molar-refractivity contribution in [2.24, 2.45) is 5.92 Å². The average Bonchev–Trinajstić information content (AvgIpc) is 3.21. The third kappa shape index (κ3) is 3.32. The molecular weight excluding hydrogens is 328 g/mol. The van der Waals surface area contributed by atoms with Crippen LogP contribution in [0, 0.1) is 5.92 Å². The lowest BCUT2D eigenvalue weighted by atomic mass is 10.0. The smallest absolute Gasteiger partial charge is 0.410 e. The normalized spacial score (nSPS) is 20.4. The highest BCUT2D eigenvalue weighted by Crippen LogP contribution is 2.33. The Morgan fingerprint density at radius 1 is 1.31 bits per heavy atom. The summed E-state index contributed by atoms with van der Waals surface area (Å²) in [6.45, 7) is 9.80.